The molecule has 0 aromatic heterocycles. The van der Waals surface area contributed by atoms with Crippen LogP contribution in [0.4, 0.5) is 0 Å². The third-order valence-electron chi connectivity index (χ3n) is 5.40. The Balaban J connectivity index is 1.45. The van der Waals surface area contributed by atoms with Crippen LogP contribution in [0.1, 0.15) is 34.3 Å². The van der Waals surface area contributed by atoms with Crippen molar-refractivity contribution in [2.45, 2.75) is 25.6 Å². The summed E-state index contributed by atoms with van der Waals surface area (Å²) in [6, 6.07) is 16.5. The third-order valence-corrected chi connectivity index (χ3v) is 5.40. The summed E-state index contributed by atoms with van der Waals surface area (Å²) in [4.78, 5) is 14.5. The van der Waals surface area contributed by atoms with Crippen LogP contribution in [-0.2, 0) is 6.61 Å². The molecule has 1 heterocycles. The predicted molar refractivity (Wildman–Crippen MR) is 95.5 cm³/mol. The van der Waals surface area contributed by atoms with E-state index in [0.29, 0.717) is 30.0 Å². The molecule has 2 aromatic carbocycles. The van der Waals surface area contributed by atoms with Gasteiger partial charge in [-0.15, -0.1) is 0 Å². The Morgan fingerprint density at radius 2 is 2.08 bits per heavy atom. The number of hydrogen-bond donors (Lipinski definition) is 1. The minimum Gasteiger partial charge on any atom is -0.489 e. The maximum atomic E-state index is 12.8. The van der Waals surface area contributed by atoms with Crippen molar-refractivity contribution in [1.29, 1.82) is 5.26 Å². The van der Waals surface area contributed by atoms with Gasteiger partial charge in [0.05, 0.1) is 17.7 Å². The number of ether oxygens (including phenoxy) is 1. The number of benzene rings is 2. The molecule has 0 radical (unpaired) electrons. The summed E-state index contributed by atoms with van der Waals surface area (Å²) in [6.45, 7) is 1.31. The fraction of sp³-hybridized carbons (Fsp3) is 0.333. The molecule has 1 spiro atoms. The van der Waals surface area contributed by atoms with Gasteiger partial charge in [-0.1, -0.05) is 24.3 Å². The van der Waals surface area contributed by atoms with Crippen molar-refractivity contribution < 1.29 is 14.6 Å². The van der Waals surface area contributed by atoms with Crippen LogP contribution in [-0.4, -0.2) is 35.1 Å². The smallest absolute Gasteiger partial charge is 0.254 e. The molecule has 2 aromatic rings. The van der Waals surface area contributed by atoms with E-state index in [0.717, 1.165) is 18.4 Å². The Labute approximate surface area is 152 Å². The highest BCUT2D eigenvalue weighted by molar-refractivity contribution is 5.95. The summed E-state index contributed by atoms with van der Waals surface area (Å²) in [6.07, 6.45) is 1.59. The van der Waals surface area contributed by atoms with Gasteiger partial charge in [0, 0.05) is 29.6 Å². The second-order valence-corrected chi connectivity index (χ2v) is 7.15. The van der Waals surface area contributed by atoms with Crippen molar-refractivity contribution in [2.24, 2.45) is 5.41 Å². The molecule has 26 heavy (non-hydrogen) atoms. The number of carbonyl (C=O) groups excluding carboxylic acids is 1. The number of hydrogen-bond acceptors (Lipinski definition) is 4. The van der Waals surface area contributed by atoms with Crippen molar-refractivity contribution in [3.63, 3.8) is 0 Å². The summed E-state index contributed by atoms with van der Waals surface area (Å²) in [5.41, 5.74) is 1.90. The maximum Gasteiger partial charge on any atom is 0.254 e. The van der Waals surface area contributed by atoms with E-state index in [1.165, 1.54) is 0 Å². The first kappa shape index (κ1) is 16.6. The molecule has 1 saturated carbocycles. The average molecular weight is 348 g/mol. The molecule has 1 amide bonds. The molecular weight excluding hydrogens is 328 g/mol. The number of amides is 1. The van der Waals surface area contributed by atoms with Crippen LogP contribution in [0.25, 0.3) is 0 Å². The van der Waals surface area contributed by atoms with E-state index in [4.69, 9.17) is 10.00 Å². The topological polar surface area (TPSA) is 73.6 Å². The Bertz CT molecular complexity index is 883. The van der Waals surface area contributed by atoms with E-state index in [-0.39, 0.29) is 17.9 Å². The second-order valence-electron chi connectivity index (χ2n) is 7.15. The lowest BCUT2D eigenvalue weighted by atomic mass is 10.0. The van der Waals surface area contributed by atoms with Crippen molar-refractivity contribution in [3.8, 4) is 11.8 Å². The Morgan fingerprint density at radius 1 is 1.27 bits per heavy atom. The first-order valence-electron chi connectivity index (χ1n) is 8.79. The molecule has 132 valence electrons. The van der Waals surface area contributed by atoms with Gasteiger partial charge in [0.1, 0.15) is 12.4 Å². The number of nitriles is 1. The van der Waals surface area contributed by atoms with E-state index in [9.17, 15) is 9.90 Å². The Kier molecular flexibility index (Phi) is 4.14. The molecule has 2 aliphatic rings. The first-order chi connectivity index (χ1) is 12.6. The van der Waals surface area contributed by atoms with Gasteiger partial charge in [0.2, 0.25) is 0 Å². The highest BCUT2D eigenvalue weighted by atomic mass is 16.5. The number of nitrogens with zero attached hydrogens (tertiary/aromatic N) is 2. The fourth-order valence-electron chi connectivity index (χ4n) is 3.58. The molecule has 5 heteroatoms. The number of aliphatic hydroxyl groups excluding tert-OH is 1. The zero-order chi connectivity index (χ0) is 18.1. The van der Waals surface area contributed by atoms with Gasteiger partial charge >= 0.3 is 0 Å². The number of likely N-dealkylation sites (tertiary alicyclic amines) is 1. The maximum absolute atomic E-state index is 12.8. The number of aliphatic hydroxyl groups is 1. The predicted octanol–water partition coefficient (Wildman–Crippen LogP) is 2.73. The molecule has 1 saturated heterocycles. The lowest BCUT2D eigenvalue weighted by Crippen LogP contribution is -2.29. The fourth-order valence-corrected chi connectivity index (χ4v) is 3.58. The van der Waals surface area contributed by atoms with Gasteiger partial charge in [0.25, 0.3) is 5.91 Å². The van der Waals surface area contributed by atoms with Crippen LogP contribution in [0.3, 0.4) is 0 Å². The molecule has 1 N–H and O–H groups in total. The van der Waals surface area contributed by atoms with E-state index in [2.05, 4.69) is 6.07 Å². The van der Waals surface area contributed by atoms with E-state index < -0.39 is 6.10 Å². The number of carbonyl (C=O) groups is 1. The lowest BCUT2D eigenvalue weighted by molar-refractivity contribution is 0.0764. The third kappa shape index (κ3) is 3.04. The molecule has 1 atom stereocenters. The van der Waals surface area contributed by atoms with Gasteiger partial charge in [-0.25, -0.2) is 0 Å². The Morgan fingerprint density at radius 3 is 2.81 bits per heavy atom. The van der Waals surface area contributed by atoms with E-state index in [1.54, 1.807) is 35.2 Å². The first-order valence-corrected chi connectivity index (χ1v) is 8.79. The summed E-state index contributed by atoms with van der Waals surface area (Å²) in [5.74, 6) is 0.514. The van der Waals surface area contributed by atoms with Crippen LogP contribution >= 0.6 is 0 Å². The summed E-state index contributed by atoms with van der Waals surface area (Å²) in [7, 11) is 0. The van der Waals surface area contributed by atoms with Gasteiger partial charge in [-0.3, -0.25) is 4.79 Å². The molecule has 4 rings (SSSR count). The van der Waals surface area contributed by atoms with Crippen LogP contribution in [0.2, 0.25) is 0 Å². The molecule has 0 bridgehead atoms. The molecule has 1 aliphatic heterocycles. The highest BCUT2D eigenvalue weighted by Crippen LogP contribution is 2.52. The quantitative estimate of drug-likeness (QED) is 0.922. The molecule has 1 unspecified atom stereocenters. The van der Waals surface area contributed by atoms with Gasteiger partial charge < -0.3 is 14.7 Å². The molecule has 5 nitrogen and oxygen atoms in total. The zero-order valence-corrected chi connectivity index (χ0v) is 14.4. The monoisotopic (exact) mass is 348 g/mol. The van der Waals surface area contributed by atoms with Crippen LogP contribution in [0, 0.1) is 16.7 Å². The van der Waals surface area contributed by atoms with Gasteiger partial charge in [-0.2, -0.15) is 5.26 Å². The van der Waals surface area contributed by atoms with Gasteiger partial charge in [0.15, 0.2) is 0 Å². The standard InChI is InChI=1S/C21H20N2O3/c22-11-16-4-1-2-5-17(16)13-26-18-7-3-6-15(10-18)20(25)23-12-19(24)21(14-23)8-9-21/h1-7,10,19,24H,8-9,12-14H2. The van der Waals surface area contributed by atoms with Crippen LogP contribution in [0.5, 0.6) is 5.75 Å². The average Bonchev–Trinajstić information content (AvgIpc) is 3.38. The minimum absolute atomic E-state index is 0.0508. The minimum atomic E-state index is -0.409. The SMILES string of the molecule is N#Cc1ccccc1COc1cccc(C(=O)N2CC(O)C3(CC3)C2)c1. The van der Waals surface area contributed by atoms with E-state index in [1.807, 2.05) is 18.2 Å². The molecule has 2 fully saturated rings. The van der Waals surface area contributed by atoms with Crippen molar-refractivity contribution in [2.75, 3.05) is 13.1 Å². The summed E-state index contributed by atoms with van der Waals surface area (Å²) < 4.78 is 5.79. The zero-order valence-electron chi connectivity index (χ0n) is 14.4. The lowest BCUT2D eigenvalue weighted by Gasteiger charge is -2.16. The Hall–Kier alpha value is -2.84. The van der Waals surface area contributed by atoms with E-state index >= 15 is 0 Å². The molecule has 1 aliphatic carbocycles. The largest absolute Gasteiger partial charge is 0.489 e. The van der Waals surface area contributed by atoms with Crippen LogP contribution in [0.15, 0.2) is 48.5 Å². The number of β-amino-alcohol motifs (C(OH)–C–C–N with tert-alkyl or cyclic N) is 1. The second kappa shape index (κ2) is 6.47. The van der Waals surface area contributed by atoms with Crippen LogP contribution < -0.4 is 4.74 Å². The van der Waals surface area contributed by atoms with Crippen molar-refractivity contribution in [3.05, 3.63) is 65.2 Å². The summed E-state index contributed by atoms with van der Waals surface area (Å²) in [5, 5.41) is 19.3. The highest BCUT2D eigenvalue weighted by Gasteiger charge is 2.55. The van der Waals surface area contributed by atoms with Gasteiger partial charge in [-0.05, 0) is 37.1 Å². The van der Waals surface area contributed by atoms with Crippen molar-refractivity contribution in [1.82, 2.24) is 4.90 Å². The summed E-state index contributed by atoms with van der Waals surface area (Å²) >= 11 is 0. The normalized spacial score (nSPS) is 20.0. The number of rotatable bonds is 4. The molecular formula is C21H20N2O3. The van der Waals surface area contributed by atoms with Crippen molar-refractivity contribution >= 4 is 5.91 Å².